The average Bonchev–Trinajstić information content (AvgIpc) is 2.40. The molecule has 1 unspecified atom stereocenters. The summed E-state index contributed by atoms with van der Waals surface area (Å²) in [4.78, 5) is 4.27. The van der Waals surface area contributed by atoms with Crippen LogP contribution in [-0.4, -0.2) is 4.98 Å². The third-order valence-corrected chi connectivity index (χ3v) is 2.85. The molecule has 0 aliphatic rings. The van der Waals surface area contributed by atoms with Crippen LogP contribution in [0.2, 0.25) is 0 Å². The minimum Gasteiger partial charge on any atom is -0.439 e. The van der Waals surface area contributed by atoms with E-state index in [0.717, 1.165) is 17.7 Å². The number of para-hydroxylation sites is 1. The normalized spacial score (nSPS) is 12.2. The van der Waals surface area contributed by atoms with Gasteiger partial charge < -0.3 is 10.5 Å². The van der Waals surface area contributed by atoms with Crippen LogP contribution in [-0.2, 0) is 6.42 Å². The third kappa shape index (κ3) is 2.87. The zero-order chi connectivity index (χ0) is 13.0. The molecule has 2 rings (SSSR count). The molecule has 1 aromatic heterocycles. The van der Waals surface area contributed by atoms with Crippen molar-refractivity contribution < 1.29 is 4.74 Å². The van der Waals surface area contributed by atoms with Gasteiger partial charge in [-0.2, -0.15) is 0 Å². The lowest BCUT2D eigenvalue weighted by atomic mass is 10.1. The van der Waals surface area contributed by atoms with Crippen molar-refractivity contribution in [2.45, 2.75) is 26.3 Å². The minimum absolute atomic E-state index is 0.00511. The number of nitrogens with two attached hydrogens (primary N) is 1. The van der Waals surface area contributed by atoms with E-state index in [-0.39, 0.29) is 6.04 Å². The van der Waals surface area contributed by atoms with Gasteiger partial charge in [0, 0.05) is 18.3 Å². The molecule has 18 heavy (non-hydrogen) atoms. The van der Waals surface area contributed by atoms with Crippen LogP contribution in [0.5, 0.6) is 11.6 Å². The monoisotopic (exact) mass is 242 g/mol. The van der Waals surface area contributed by atoms with E-state index in [9.17, 15) is 0 Å². The maximum atomic E-state index is 5.78. The minimum atomic E-state index is -0.00511. The fourth-order valence-electron chi connectivity index (χ4n) is 1.73. The second-order valence-electron chi connectivity index (χ2n) is 4.28. The van der Waals surface area contributed by atoms with Crippen molar-refractivity contribution in [3.8, 4) is 11.6 Å². The lowest BCUT2D eigenvalue weighted by Crippen LogP contribution is -2.05. The van der Waals surface area contributed by atoms with Crippen molar-refractivity contribution >= 4 is 0 Å². The van der Waals surface area contributed by atoms with Crippen molar-refractivity contribution in [2.24, 2.45) is 5.73 Å². The SMILES string of the molecule is CCc1ccccc1Oc1ccc(C(C)N)cn1. The fraction of sp³-hybridized carbons (Fsp3) is 0.267. The van der Waals surface area contributed by atoms with Gasteiger partial charge in [-0.25, -0.2) is 4.98 Å². The maximum absolute atomic E-state index is 5.78. The third-order valence-electron chi connectivity index (χ3n) is 2.85. The summed E-state index contributed by atoms with van der Waals surface area (Å²) < 4.78 is 5.78. The molecule has 0 fully saturated rings. The Morgan fingerprint density at radius 3 is 2.61 bits per heavy atom. The topological polar surface area (TPSA) is 48.1 Å². The molecule has 0 aliphatic carbocycles. The molecule has 0 radical (unpaired) electrons. The molecule has 0 saturated heterocycles. The zero-order valence-corrected chi connectivity index (χ0v) is 10.8. The largest absolute Gasteiger partial charge is 0.439 e. The average molecular weight is 242 g/mol. The van der Waals surface area contributed by atoms with Gasteiger partial charge in [-0.3, -0.25) is 0 Å². The van der Waals surface area contributed by atoms with Crippen molar-refractivity contribution in [3.63, 3.8) is 0 Å². The molecular weight excluding hydrogens is 224 g/mol. The Hall–Kier alpha value is -1.87. The van der Waals surface area contributed by atoms with E-state index in [1.54, 1.807) is 6.20 Å². The highest BCUT2D eigenvalue weighted by Crippen LogP contribution is 2.24. The van der Waals surface area contributed by atoms with Crippen LogP contribution in [0.4, 0.5) is 0 Å². The van der Waals surface area contributed by atoms with Crippen LogP contribution >= 0.6 is 0 Å². The molecule has 0 bridgehead atoms. The number of hydrogen-bond acceptors (Lipinski definition) is 3. The van der Waals surface area contributed by atoms with Gasteiger partial charge >= 0.3 is 0 Å². The Morgan fingerprint density at radius 1 is 1.22 bits per heavy atom. The molecule has 2 aromatic rings. The summed E-state index contributed by atoms with van der Waals surface area (Å²) in [6, 6.07) is 11.8. The van der Waals surface area contributed by atoms with E-state index in [2.05, 4.69) is 18.0 Å². The number of ether oxygens (including phenoxy) is 1. The van der Waals surface area contributed by atoms with Crippen LogP contribution in [0.25, 0.3) is 0 Å². The Balaban J connectivity index is 2.18. The predicted molar refractivity (Wildman–Crippen MR) is 72.7 cm³/mol. The second kappa shape index (κ2) is 5.65. The number of pyridine rings is 1. The van der Waals surface area contributed by atoms with Crippen LogP contribution in [0.3, 0.4) is 0 Å². The quantitative estimate of drug-likeness (QED) is 0.893. The number of nitrogens with zero attached hydrogens (tertiary/aromatic N) is 1. The van der Waals surface area contributed by atoms with Gasteiger partial charge in [-0.05, 0) is 30.5 Å². The fourth-order valence-corrected chi connectivity index (χ4v) is 1.73. The molecule has 3 nitrogen and oxygen atoms in total. The molecule has 94 valence electrons. The first-order valence-electron chi connectivity index (χ1n) is 6.18. The summed E-state index contributed by atoms with van der Waals surface area (Å²) in [5.74, 6) is 1.46. The van der Waals surface area contributed by atoms with E-state index in [4.69, 9.17) is 10.5 Å². The lowest BCUT2D eigenvalue weighted by molar-refractivity contribution is 0.457. The van der Waals surface area contributed by atoms with E-state index >= 15 is 0 Å². The Kier molecular flexibility index (Phi) is 3.95. The number of benzene rings is 1. The van der Waals surface area contributed by atoms with E-state index in [0.29, 0.717) is 5.88 Å². The summed E-state index contributed by atoms with van der Waals surface area (Å²) in [5, 5.41) is 0. The standard InChI is InChI=1S/C15H18N2O/c1-3-12-6-4-5-7-14(12)18-15-9-8-13(10-17-15)11(2)16/h4-11H,3,16H2,1-2H3. The van der Waals surface area contributed by atoms with Crippen molar-refractivity contribution in [3.05, 3.63) is 53.7 Å². The molecule has 0 saturated carbocycles. The number of hydrogen-bond donors (Lipinski definition) is 1. The first-order valence-corrected chi connectivity index (χ1v) is 6.18. The summed E-state index contributed by atoms with van der Waals surface area (Å²) in [5.41, 5.74) is 7.96. The summed E-state index contributed by atoms with van der Waals surface area (Å²) >= 11 is 0. The summed E-state index contributed by atoms with van der Waals surface area (Å²) in [6.45, 7) is 4.04. The van der Waals surface area contributed by atoms with Gasteiger partial charge in [0.2, 0.25) is 5.88 Å². The zero-order valence-electron chi connectivity index (χ0n) is 10.8. The maximum Gasteiger partial charge on any atom is 0.219 e. The molecule has 1 aromatic carbocycles. The smallest absolute Gasteiger partial charge is 0.219 e. The van der Waals surface area contributed by atoms with E-state index < -0.39 is 0 Å². The highest BCUT2D eigenvalue weighted by molar-refractivity contribution is 5.36. The van der Waals surface area contributed by atoms with Gasteiger partial charge in [0.05, 0.1) is 0 Å². The first kappa shape index (κ1) is 12.6. The highest BCUT2D eigenvalue weighted by Gasteiger charge is 2.04. The number of aromatic nitrogens is 1. The second-order valence-corrected chi connectivity index (χ2v) is 4.28. The van der Waals surface area contributed by atoms with E-state index in [1.807, 2.05) is 37.3 Å². The van der Waals surface area contributed by atoms with Gasteiger partial charge in [-0.1, -0.05) is 31.2 Å². The van der Waals surface area contributed by atoms with Crippen molar-refractivity contribution in [1.82, 2.24) is 4.98 Å². The Morgan fingerprint density at radius 2 is 2.00 bits per heavy atom. The highest BCUT2D eigenvalue weighted by atomic mass is 16.5. The predicted octanol–water partition coefficient (Wildman–Crippen LogP) is 3.46. The Bertz CT molecular complexity index is 506. The van der Waals surface area contributed by atoms with Crippen LogP contribution < -0.4 is 10.5 Å². The molecule has 1 atom stereocenters. The van der Waals surface area contributed by atoms with Crippen LogP contribution in [0, 0.1) is 0 Å². The van der Waals surface area contributed by atoms with Gasteiger partial charge in [0.15, 0.2) is 0 Å². The van der Waals surface area contributed by atoms with Crippen molar-refractivity contribution in [1.29, 1.82) is 0 Å². The number of aryl methyl sites for hydroxylation is 1. The lowest BCUT2D eigenvalue weighted by Gasteiger charge is -2.10. The molecule has 1 heterocycles. The van der Waals surface area contributed by atoms with Crippen LogP contribution in [0.15, 0.2) is 42.6 Å². The summed E-state index contributed by atoms with van der Waals surface area (Å²) in [6.07, 6.45) is 2.70. The van der Waals surface area contributed by atoms with Gasteiger partial charge in [0.25, 0.3) is 0 Å². The molecule has 0 spiro atoms. The van der Waals surface area contributed by atoms with Gasteiger partial charge in [-0.15, -0.1) is 0 Å². The Labute approximate surface area is 108 Å². The molecule has 2 N–H and O–H groups in total. The molecule has 0 amide bonds. The first-order chi connectivity index (χ1) is 8.70. The van der Waals surface area contributed by atoms with Crippen molar-refractivity contribution in [2.75, 3.05) is 0 Å². The molecule has 3 heteroatoms. The molecule has 0 aliphatic heterocycles. The summed E-state index contributed by atoms with van der Waals surface area (Å²) in [7, 11) is 0. The van der Waals surface area contributed by atoms with E-state index in [1.165, 1.54) is 5.56 Å². The van der Waals surface area contributed by atoms with Gasteiger partial charge in [0.1, 0.15) is 5.75 Å². The number of rotatable bonds is 4. The molecular formula is C15H18N2O. The van der Waals surface area contributed by atoms with Crippen LogP contribution in [0.1, 0.15) is 31.0 Å².